The molecule has 0 spiro atoms. The van der Waals surface area contributed by atoms with E-state index in [1.54, 1.807) is 6.07 Å². The van der Waals surface area contributed by atoms with Crippen LogP contribution >= 0.6 is 24.2 Å². The molecule has 4 heteroatoms. The molecule has 0 saturated carbocycles. The molecule has 0 N–H and O–H groups in total. The van der Waals surface area contributed by atoms with Crippen molar-refractivity contribution in [1.29, 1.82) is 0 Å². The second-order valence-electron chi connectivity index (χ2n) is 5.12. The average molecular weight is 339 g/mol. The highest BCUT2D eigenvalue weighted by Gasteiger charge is 2.01. The second kappa shape index (κ2) is 7.44. The lowest BCUT2D eigenvalue weighted by atomic mass is 10.0. The molecule has 0 aromatic heterocycles. The Hall–Kier alpha value is -2.10. The van der Waals surface area contributed by atoms with E-state index in [1.807, 2.05) is 48.5 Å². The van der Waals surface area contributed by atoms with Crippen molar-refractivity contribution < 1.29 is 0 Å². The molecule has 0 saturated heterocycles. The minimum absolute atomic E-state index is 0.596. The van der Waals surface area contributed by atoms with Crippen molar-refractivity contribution in [2.24, 2.45) is 10.2 Å². The number of azo groups is 1. The highest BCUT2D eigenvalue weighted by molar-refractivity contribution is 7.80. The molecule has 0 radical (unpaired) electrons. The number of nitrogens with zero attached hydrogens (tertiary/aromatic N) is 2. The molecule has 0 aliphatic rings. The van der Waals surface area contributed by atoms with Crippen molar-refractivity contribution in [2.45, 2.75) is 11.3 Å². The summed E-state index contributed by atoms with van der Waals surface area (Å²) in [7, 11) is 0. The number of hydrogen-bond acceptors (Lipinski definition) is 3. The molecule has 0 unspecified atom stereocenters. The first-order valence-corrected chi connectivity index (χ1v) is 8.07. The monoisotopic (exact) mass is 338 g/mol. The van der Waals surface area contributed by atoms with Crippen molar-refractivity contribution in [1.82, 2.24) is 0 Å². The highest BCUT2D eigenvalue weighted by Crippen LogP contribution is 2.26. The molecule has 0 amide bonds. The Morgan fingerprint density at radius 3 is 2.22 bits per heavy atom. The number of thiol groups is 1. The minimum atomic E-state index is 0.596. The quantitative estimate of drug-likeness (QED) is 0.407. The molecule has 3 rings (SSSR count). The molecule has 2 nitrogen and oxygen atoms in total. The van der Waals surface area contributed by atoms with Crippen LogP contribution in [0, 0.1) is 0 Å². The molecule has 0 aliphatic carbocycles. The lowest BCUT2D eigenvalue weighted by Crippen LogP contribution is -1.88. The van der Waals surface area contributed by atoms with Crippen LogP contribution in [0.1, 0.15) is 11.1 Å². The van der Waals surface area contributed by atoms with Crippen LogP contribution in [0.4, 0.5) is 11.4 Å². The lowest BCUT2D eigenvalue weighted by molar-refractivity contribution is 1.13. The van der Waals surface area contributed by atoms with E-state index in [0.29, 0.717) is 10.7 Å². The van der Waals surface area contributed by atoms with Crippen LogP contribution in [-0.4, -0.2) is 0 Å². The van der Waals surface area contributed by atoms with Crippen LogP contribution in [-0.2, 0) is 6.42 Å². The van der Waals surface area contributed by atoms with E-state index < -0.39 is 0 Å². The van der Waals surface area contributed by atoms with E-state index in [1.165, 1.54) is 11.1 Å². The second-order valence-corrected chi connectivity index (χ2v) is 6.01. The largest absolute Gasteiger partial charge is 0.151 e. The van der Waals surface area contributed by atoms with Gasteiger partial charge in [0.05, 0.1) is 10.7 Å². The summed E-state index contributed by atoms with van der Waals surface area (Å²) in [5.74, 6) is 0. The normalized spacial score (nSPS) is 11.0. The Balaban J connectivity index is 1.73. The Labute approximate surface area is 146 Å². The Morgan fingerprint density at radius 2 is 1.48 bits per heavy atom. The summed E-state index contributed by atoms with van der Waals surface area (Å²) in [6.07, 6.45) is 0.849. The summed E-state index contributed by atoms with van der Waals surface area (Å²) < 4.78 is 0. The van der Waals surface area contributed by atoms with E-state index in [4.69, 9.17) is 11.6 Å². The minimum Gasteiger partial charge on any atom is -0.151 e. The highest BCUT2D eigenvalue weighted by atomic mass is 35.5. The van der Waals surface area contributed by atoms with E-state index >= 15 is 0 Å². The third-order valence-electron chi connectivity index (χ3n) is 3.45. The molecule has 0 fully saturated rings. The fraction of sp³-hybridized carbons (Fsp3) is 0.0526. The van der Waals surface area contributed by atoms with Crippen molar-refractivity contribution in [3.63, 3.8) is 0 Å². The van der Waals surface area contributed by atoms with Crippen molar-refractivity contribution in [3.05, 3.63) is 88.9 Å². The van der Waals surface area contributed by atoms with Gasteiger partial charge in [0.25, 0.3) is 0 Å². The zero-order valence-electron chi connectivity index (χ0n) is 12.4. The van der Waals surface area contributed by atoms with Gasteiger partial charge >= 0.3 is 0 Å². The maximum Gasteiger partial charge on any atom is 0.104 e. The third kappa shape index (κ3) is 4.21. The SMILES string of the molecule is Sc1ccccc1Cc1ccc(N=Nc2ccccc2Cl)cc1. The smallest absolute Gasteiger partial charge is 0.104 e. The summed E-state index contributed by atoms with van der Waals surface area (Å²) >= 11 is 10.5. The van der Waals surface area contributed by atoms with Crippen LogP contribution in [0.15, 0.2) is 87.9 Å². The first kappa shape index (κ1) is 15.8. The van der Waals surface area contributed by atoms with Crippen LogP contribution in [0.25, 0.3) is 0 Å². The summed E-state index contributed by atoms with van der Waals surface area (Å²) in [6.45, 7) is 0. The number of hydrogen-bond donors (Lipinski definition) is 1. The average Bonchev–Trinajstić information content (AvgIpc) is 2.57. The van der Waals surface area contributed by atoms with E-state index in [2.05, 4.69) is 41.1 Å². The van der Waals surface area contributed by atoms with Crippen molar-refractivity contribution >= 4 is 35.6 Å². The maximum absolute atomic E-state index is 6.06. The van der Waals surface area contributed by atoms with Gasteiger partial charge in [0.2, 0.25) is 0 Å². The number of benzene rings is 3. The molecular formula is C19H15ClN2S. The molecule has 3 aromatic rings. The van der Waals surface area contributed by atoms with Gasteiger partial charge in [0.1, 0.15) is 5.69 Å². The zero-order chi connectivity index (χ0) is 16.1. The van der Waals surface area contributed by atoms with Crippen LogP contribution < -0.4 is 0 Å². The third-order valence-corrected chi connectivity index (χ3v) is 4.20. The standard InChI is InChI=1S/C19H15ClN2S/c20-17-6-2-3-7-18(17)22-21-16-11-9-14(10-12-16)13-15-5-1-4-8-19(15)23/h1-12,23H,13H2. The zero-order valence-corrected chi connectivity index (χ0v) is 14.0. The van der Waals surface area contributed by atoms with Crippen LogP contribution in [0.2, 0.25) is 5.02 Å². The van der Waals surface area contributed by atoms with Gasteiger partial charge in [-0.2, -0.15) is 5.11 Å². The van der Waals surface area contributed by atoms with Crippen LogP contribution in [0.5, 0.6) is 0 Å². The molecule has 3 aromatic carbocycles. The molecule has 0 atom stereocenters. The summed E-state index contributed by atoms with van der Waals surface area (Å²) in [4.78, 5) is 1.01. The number of halogens is 1. The molecule has 114 valence electrons. The molecule has 23 heavy (non-hydrogen) atoms. The first-order valence-electron chi connectivity index (χ1n) is 7.24. The fourth-order valence-electron chi connectivity index (χ4n) is 2.21. The van der Waals surface area contributed by atoms with Gasteiger partial charge in [-0.05, 0) is 47.9 Å². The van der Waals surface area contributed by atoms with E-state index in [0.717, 1.165) is 17.0 Å². The molecule has 0 heterocycles. The fourth-order valence-corrected chi connectivity index (χ4v) is 2.62. The molecule has 0 bridgehead atoms. The molecular weight excluding hydrogens is 324 g/mol. The van der Waals surface area contributed by atoms with Crippen LogP contribution in [0.3, 0.4) is 0 Å². The van der Waals surface area contributed by atoms with Gasteiger partial charge in [0.15, 0.2) is 0 Å². The van der Waals surface area contributed by atoms with Gasteiger partial charge in [-0.25, -0.2) is 0 Å². The van der Waals surface area contributed by atoms with Gasteiger partial charge < -0.3 is 0 Å². The maximum atomic E-state index is 6.06. The Bertz CT molecular complexity index is 829. The Morgan fingerprint density at radius 1 is 0.783 bits per heavy atom. The van der Waals surface area contributed by atoms with E-state index in [9.17, 15) is 0 Å². The predicted molar refractivity (Wildman–Crippen MR) is 98.6 cm³/mol. The van der Waals surface area contributed by atoms with Crippen molar-refractivity contribution in [2.75, 3.05) is 0 Å². The van der Waals surface area contributed by atoms with E-state index in [-0.39, 0.29) is 0 Å². The Kier molecular flexibility index (Phi) is 5.11. The predicted octanol–water partition coefficient (Wildman–Crippen LogP) is 6.63. The lowest BCUT2D eigenvalue weighted by Gasteiger charge is -2.05. The summed E-state index contributed by atoms with van der Waals surface area (Å²) in [6, 6.07) is 23.5. The summed E-state index contributed by atoms with van der Waals surface area (Å²) in [5.41, 5.74) is 3.89. The van der Waals surface area contributed by atoms with Gasteiger partial charge in [0, 0.05) is 4.90 Å². The summed E-state index contributed by atoms with van der Waals surface area (Å²) in [5, 5.41) is 9.01. The van der Waals surface area contributed by atoms with Gasteiger partial charge in [-0.15, -0.1) is 17.7 Å². The number of rotatable bonds is 4. The first-order chi connectivity index (χ1) is 11.2. The van der Waals surface area contributed by atoms with Gasteiger partial charge in [-0.3, -0.25) is 0 Å². The van der Waals surface area contributed by atoms with Gasteiger partial charge in [-0.1, -0.05) is 54.1 Å². The molecule has 0 aliphatic heterocycles. The topological polar surface area (TPSA) is 24.7 Å². The van der Waals surface area contributed by atoms with Crippen molar-refractivity contribution in [3.8, 4) is 0 Å².